The van der Waals surface area contributed by atoms with E-state index in [1.807, 2.05) is 0 Å². The van der Waals surface area contributed by atoms with Crippen LogP contribution in [0.4, 0.5) is 0 Å². The third-order valence-corrected chi connectivity index (χ3v) is 4.00. The molecule has 0 aromatic rings. The molecule has 3 N–H and O–H groups in total. The second kappa shape index (κ2) is 13.8. The smallest absolute Gasteiger partial charge is 0.106 e. The summed E-state index contributed by atoms with van der Waals surface area (Å²) in [4.78, 5) is 0. The van der Waals surface area contributed by atoms with Gasteiger partial charge in [0.25, 0.3) is 0 Å². The Morgan fingerprint density at radius 2 is 0.900 bits per heavy atom. The average molecular weight is 288 g/mol. The van der Waals surface area contributed by atoms with Crippen molar-refractivity contribution in [2.75, 3.05) is 0 Å². The van der Waals surface area contributed by atoms with Crippen LogP contribution in [0.1, 0.15) is 90.9 Å². The molecule has 0 spiro atoms. The molecular formula is C17H36O3. The zero-order valence-electron chi connectivity index (χ0n) is 13.6. The van der Waals surface area contributed by atoms with Crippen LogP contribution in [0.15, 0.2) is 0 Å². The molecule has 3 nitrogen and oxygen atoms in total. The van der Waals surface area contributed by atoms with E-state index in [1.54, 1.807) is 0 Å². The summed E-state index contributed by atoms with van der Waals surface area (Å²) >= 11 is 0. The van der Waals surface area contributed by atoms with Crippen LogP contribution in [0, 0.1) is 0 Å². The summed E-state index contributed by atoms with van der Waals surface area (Å²) < 4.78 is 0. The fraction of sp³-hybridized carbons (Fsp3) is 1.00. The number of hydrogen-bond donors (Lipinski definition) is 3. The molecule has 3 heteroatoms. The number of aliphatic hydroxyl groups is 3. The van der Waals surface area contributed by atoms with E-state index in [-0.39, 0.29) is 0 Å². The zero-order chi connectivity index (χ0) is 15.2. The molecule has 2 atom stereocenters. The molecule has 20 heavy (non-hydrogen) atoms. The van der Waals surface area contributed by atoms with Gasteiger partial charge in [-0.15, -0.1) is 0 Å². The van der Waals surface area contributed by atoms with Gasteiger partial charge in [0, 0.05) is 0 Å². The summed E-state index contributed by atoms with van der Waals surface area (Å²) in [7, 11) is 0. The molecule has 0 rings (SSSR count). The molecule has 2 unspecified atom stereocenters. The van der Waals surface area contributed by atoms with Crippen molar-refractivity contribution in [2.45, 2.75) is 109 Å². The summed E-state index contributed by atoms with van der Waals surface area (Å²) in [5.74, 6) is 0. The van der Waals surface area contributed by atoms with Crippen molar-refractivity contribution in [1.29, 1.82) is 0 Å². The zero-order valence-corrected chi connectivity index (χ0v) is 13.6. The summed E-state index contributed by atoms with van der Waals surface area (Å²) in [5, 5.41) is 29.6. The van der Waals surface area contributed by atoms with Gasteiger partial charge in [-0.3, -0.25) is 0 Å². The largest absolute Gasteiger partial charge is 0.390 e. The molecule has 0 aliphatic carbocycles. The Bertz CT molecular complexity index is 177. The highest BCUT2D eigenvalue weighted by Gasteiger charge is 2.23. The molecule has 0 saturated carbocycles. The minimum Gasteiger partial charge on any atom is -0.390 e. The van der Waals surface area contributed by atoms with Gasteiger partial charge in [-0.1, -0.05) is 78.1 Å². The lowest BCUT2D eigenvalue weighted by Gasteiger charge is -2.23. The van der Waals surface area contributed by atoms with E-state index in [2.05, 4.69) is 13.8 Å². The van der Waals surface area contributed by atoms with E-state index in [0.29, 0.717) is 12.8 Å². The van der Waals surface area contributed by atoms with Crippen molar-refractivity contribution in [2.24, 2.45) is 0 Å². The summed E-state index contributed by atoms with van der Waals surface area (Å²) in [6.07, 6.45) is 10.0. The Morgan fingerprint density at radius 1 is 0.550 bits per heavy atom. The molecule has 0 saturated heterocycles. The Kier molecular flexibility index (Phi) is 13.8. The molecule has 0 radical (unpaired) electrons. The lowest BCUT2D eigenvalue weighted by Crippen LogP contribution is -2.37. The van der Waals surface area contributed by atoms with Crippen molar-refractivity contribution in [3.8, 4) is 0 Å². The van der Waals surface area contributed by atoms with Crippen LogP contribution in [-0.2, 0) is 0 Å². The second-order valence-electron chi connectivity index (χ2n) is 6.03. The molecule has 0 bridgehead atoms. The second-order valence-corrected chi connectivity index (χ2v) is 6.03. The molecule has 0 fully saturated rings. The van der Waals surface area contributed by atoms with Crippen molar-refractivity contribution in [3.05, 3.63) is 0 Å². The Hall–Kier alpha value is -0.120. The lowest BCUT2D eigenvalue weighted by atomic mass is 9.97. The summed E-state index contributed by atoms with van der Waals surface area (Å²) in [6, 6.07) is 0. The molecule has 0 heterocycles. The fourth-order valence-electron chi connectivity index (χ4n) is 2.51. The van der Waals surface area contributed by atoms with Gasteiger partial charge >= 0.3 is 0 Å². The quantitative estimate of drug-likeness (QED) is 0.426. The maximum atomic E-state index is 9.89. The van der Waals surface area contributed by atoms with E-state index in [9.17, 15) is 15.3 Å². The van der Waals surface area contributed by atoms with Crippen LogP contribution in [-0.4, -0.2) is 33.6 Å². The predicted octanol–water partition coefficient (Wildman–Crippen LogP) is 3.79. The van der Waals surface area contributed by atoms with Gasteiger partial charge in [0.05, 0.1) is 12.2 Å². The van der Waals surface area contributed by atoms with Crippen LogP contribution < -0.4 is 0 Å². The van der Waals surface area contributed by atoms with E-state index >= 15 is 0 Å². The molecule has 122 valence electrons. The first kappa shape index (κ1) is 19.9. The van der Waals surface area contributed by atoms with Crippen molar-refractivity contribution < 1.29 is 15.3 Å². The molecule has 0 aromatic carbocycles. The highest BCUT2D eigenvalue weighted by atomic mass is 16.4. The van der Waals surface area contributed by atoms with Gasteiger partial charge in [0.15, 0.2) is 0 Å². The van der Waals surface area contributed by atoms with Crippen molar-refractivity contribution >= 4 is 0 Å². The Morgan fingerprint density at radius 3 is 1.25 bits per heavy atom. The first-order valence-corrected chi connectivity index (χ1v) is 8.67. The molecule has 0 aliphatic heterocycles. The van der Waals surface area contributed by atoms with Gasteiger partial charge in [-0.05, 0) is 12.8 Å². The molecule has 0 amide bonds. The summed E-state index contributed by atoms with van der Waals surface area (Å²) in [5.41, 5.74) is 0. The standard InChI is InChI=1S/C17H36O3/c1-3-5-7-9-11-13-15(18)17(20)16(19)14-12-10-8-6-4-2/h15-20H,3-14H2,1-2H3. The number of hydrogen-bond acceptors (Lipinski definition) is 3. The Balaban J connectivity index is 3.61. The number of unbranched alkanes of at least 4 members (excludes halogenated alkanes) is 8. The first-order chi connectivity index (χ1) is 9.63. The van der Waals surface area contributed by atoms with Crippen LogP contribution >= 0.6 is 0 Å². The van der Waals surface area contributed by atoms with Crippen LogP contribution in [0.3, 0.4) is 0 Å². The van der Waals surface area contributed by atoms with Gasteiger partial charge in [0.1, 0.15) is 6.10 Å². The normalized spacial score (nSPS) is 16.1. The van der Waals surface area contributed by atoms with Crippen LogP contribution in [0.25, 0.3) is 0 Å². The lowest BCUT2D eigenvalue weighted by molar-refractivity contribution is -0.0653. The SMILES string of the molecule is CCCCCCCC(O)C(O)C(O)CCCCCCC. The van der Waals surface area contributed by atoms with E-state index in [1.165, 1.54) is 38.5 Å². The maximum absolute atomic E-state index is 9.89. The molecule has 0 aromatic heterocycles. The number of aliphatic hydroxyl groups excluding tert-OH is 3. The van der Waals surface area contributed by atoms with Crippen LogP contribution in [0.5, 0.6) is 0 Å². The third-order valence-electron chi connectivity index (χ3n) is 4.00. The van der Waals surface area contributed by atoms with Crippen LogP contribution in [0.2, 0.25) is 0 Å². The Labute approximate surface area is 125 Å². The molecule has 0 aliphatic rings. The van der Waals surface area contributed by atoms with E-state index in [4.69, 9.17) is 0 Å². The van der Waals surface area contributed by atoms with Crippen molar-refractivity contribution in [1.82, 2.24) is 0 Å². The minimum absolute atomic E-state index is 0.595. The van der Waals surface area contributed by atoms with Crippen molar-refractivity contribution in [3.63, 3.8) is 0 Å². The van der Waals surface area contributed by atoms with Gasteiger partial charge in [-0.25, -0.2) is 0 Å². The number of rotatable bonds is 14. The minimum atomic E-state index is -0.979. The monoisotopic (exact) mass is 288 g/mol. The van der Waals surface area contributed by atoms with Gasteiger partial charge < -0.3 is 15.3 Å². The summed E-state index contributed by atoms with van der Waals surface area (Å²) in [6.45, 7) is 4.35. The first-order valence-electron chi connectivity index (χ1n) is 8.67. The average Bonchev–Trinajstić information content (AvgIpc) is 2.45. The highest BCUT2D eigenvalue weighted by molar-refractivity contribution is 4.75. The fourth-order valence-corrected chi connectivity index (χ4v) is 2.51. The maximum Gasteiger partial charge on any atom is 0.106 e. The van der Waals surface area contributed by atoms with E-state index in [0.717, 1.165) is 25.7 Å². The third kappa shape index (κ3) is 10.6. The highest BCUT2D eigenvalue weighted by Crippen LogP contribution is 2.15. The van der Waals surface area contributed by atoms with Gasteiger partial charge in [-0.2, -0.15) is 0 Å². The molecular weight excluding hydrogens is 252 g/mol. The van der Waals surface area contributed by atoms with Gasteiger partial charge in [0.2, 0.25) is 0 Å². The van der Waals surface area contributed by atoms with E-state index < -0.39 is 18.3 Å². The predicted molar refractivity (Wildman–Crippen MR) is 84.8 cm³/mol. The topological polar surface area (TPSA) is 60.7 Å².